The number of nitrogens with zero attached hydrogens (tertiary/aromatic N) is 1. The fourth-order valence-corrected chi connectivity index (χ4v) is 2.94. The smallest absolute Gasteiger partial charge is 0.254 e. The van der Waals surface area contributed by atoms with Gasteiger partial charge in [0.15, 0.2) is 0 Å². The molecule has 3 N–H and O–H groups in total. The standard InChI is InChI=1S/C16H24N2O2/c1-12-11-13(7-8-15(12)19)16(20)18(10-9-17)14-5-3-2-4-6-14/h7-8,11,14,19H,2-6,9-10,17H2,1H3. The summed E-state index contributed by atoms with van der Waals surface area (Å²) in [6, 6.07) is 5.35. The van der Waals surface area contributed by atoms with E-state index < -0.39 is 0 Å². The minimum absolute atomic E-state index is 0.0328. The number of carbonyl (C=O) groups excluding carboxylic acids is 1. The maximum Gasteiger partial charge on any atom is 0.254 e. The molecule has 1 amide bonds. The third-order valence-corrected chi connectivity index (χ3v) is 4.09. The number of hydrogen-bond donors (Lipinski definition) is 2. The Hall–Kier alpha value is -1.55. The van der Waals surface area contributed by atoms with Crippen LogP contribution in [0.3, 0.4) is 0 Å². The molecule has 0 unspecified atom stereocenters. The van der Waals surface area contributed by atoms with Crippen LogP contribution in [-0.4, -0.2) is 35.0 Å². The summed E-state index contributed by atoms with van der Waals surface area (Å²) >= 11 is 0. The van der Waals surface area contributed by atoms with Crippen molar-refractivity contribution in [3.05, 3.63) is 29.3 Å². The molecule has 0 atom stereocenters. The molecule has 1 aliphatic rings. The quantitative estimate of drug-likeness (QED) is 0.887. The van der Waals surface area contributed by atoms with Crippen LogP contribution in [0.4, 0.5) is 0 Å². The average molecular weight is 276 g/mol. The zero-order valence-electron chi connectivity index (χ0n) is 12.1. The maximum absolute atomic E-state index is 12.7. The van der Waals surface area contributed by atoms with Crippen LogP contribution in [-0.2, 0) is 0 Å². The number of carbonyl (C=O) groups is 1. The number of benzene rings is 1. The van der Waals surface area contributed by atoms with Gasteiger partial charge in [0.05, 0.1) is 0 Å². The first-order chi connectivity index (χ1) is 9.63. The molecule has 0 aromatic heterocycles. The highest BCUT2D eigenvalue weighted by Crippen LogP contribution is 2.25. The van der Waals surface area contributed by atoms with Crippen molar-refractivity contribution in [2.24, 2.45) is 5.73 Å². The first-order valence-corrected chi connectivity index (χ1v) is 7.44. The summed E-state index contributed by atoms with van der Waals surface area (Å²) in [6.45, 7) is 2.89. The summed E-state index contributed by atoms with van der Waals surface area (Å²) in [5.41, 5.74) is 7.04. The van der Waals surface area contributed by atoms with Crippen molar-refractivity contribution < 1.29 is 9.90 Å². The van der Waals surface area contributed by atoms with Gasteiger partial charge in [0.2, 0.25) is 0 Å². The number of aromatic hydroxyl groups is 1. The van der Waals surface area contributed by atoms with Gasteiger partial charge in [-0.3, -0.25) is 4.79 Å². The van der Waals surface area contributed by atoms with Crippen LogP contribution in [0, 0.1) is 6.92 Å². The highest BCUT2D eigenvalue weighted by atomic mass is 16.3. The molecule has 1 aromatic carbocycles. The van der Waals surface area contributed by atoms with Crippen molar-refractivity contribution in [3.8, 4) is 5.75 Å². The molecule has 1 aromatic rings. The molecule has 1 saturated carbocycles. The van der Waals surface area contributed by atoms with Gasteiger partial charge >= 0.3 is 0 Å². The highest BCUT2D eigenvalue weighted by molar-refractivity contribution is 5.94. The molecule has 1 aliphatic carbocycles. The normalized spacial score (nSPS) is 16.1. The Balaban J connectivity index is 2.18. The zero-order chi connectivity index (χ0) is 14.5. The zero-order valence-corrected chi connectivity index (χ0v) is 12.1. The summed E-state index contributed by atoms with van der Waals surface area (Å²) < 4.78 is 0. The molecule has 0 saturated heterocycles. The van der Waals surface area contributed by atoms with Crippen molar-refractivity contribution in [1.29, 1.82) is 0 Å². The Labute approximate surface area is 120 Å². The Morgan fingerprint density at radius 1 is 1.35 bits per heavy atom. The molecule has 0 aliphatic heterocycles. The number of amides is 1. The predicted octanol–water partition coefficient (Wildman–Crippen LogP) is 2.43. The SMILES string of the molecule is Cc1cc(C(=O)N(CCN)C2CCCCC2)ccc1O. The topological polar surface area (TPSA) is 66.6 Å². The van der Waals surface area contributed by atoms with Crippen LogP contribution in [0.5, 0.6) is 5.75 Å². The summed E-state index contributed by atoms with van der Waals surface area (Å²) in [5, 5.41) is 9.57. The van der Waals surface area contributed by atoms with Gasteiger partial charge in [0, 0.05) is 24.7 Å². The molecule has 20 heavy (non-hydrogen) atoms. The van der Waals surface area contributed by atoms with E-state index in [1.165, 1.54) is 19.3 Å². The molecule has 2 rings (SSSR count). The van der Waals surface area contributed by atoms with Crippen molar-refractivity contribution >= 4 is 5.91 Å². The number of rotatable bonds is 4. The van der Waals surface area contributed by atoms with Crippen molar-refractivity contribution in [2.45, 2.75) is 45.1 Å². The van der Waals surface area contributed by atoms with Gasteiger partial charge in [0.25, 0.3) is 5.91 Å². The average Bonchev–Trinajstić information content (AvgIpc) is 2.48. The van der Waals surface area contributed by atoms with Crippen molar-refractivity contribution in [3.63, 3.8) is 0 Å². The lowest BCUT2D eigenvalue weighted by molar-refractivity contribution is 0.0641. The Morgan fingerprint density at radius 3 is 2.65 bits per heavy atom. The van der Waals surface area contributed by atoms with E-state index in [0.29, 0.717) is 24.7 Å². The van der Waals surface area contributed by atoms with Crippen LogP contribution in [0.15, 0.2) is 18.2 Å². The minimum Gasteiger partial charge on any atom is -0.508 e. The van der Waals surface area contributed by atoms with E-state index in [2.05, 4.69) is 0 Å². The van der Waals surface area contributed by atoms with Gasteiger partial charge in [-0.25, -0.2) is 0 Å². The molecule has 0 radical (unpaired) electrons. The van der Waals surface area contributed by atoms with Gasteiger partial charge < -0.3 is 15.7 Å². The summed E-state index contributed by atoms with van der Waals surface area (Å²) in [7, 11) is 0. The first kappa shape index (κ1) is 14.9. The molecule has 110 valence electrons. The number of hydrogen-bond acceptors (Lipinski definition) is 3. The Bertz CT molecular complexity index is 468. The van der Waals surface area contributed by atoms with E-state index in [4.69, 9.17) is 5.73 Å². The van der Waals surface area contributed by atoms with E-state index in [0.717, 1.165) is 18.4 Å². The molecule has 1 fully saturated rings. The van der Waals surface area contributed by atoms with Crippen LogP contribution in [0.1, 0.15) is 48.0 Å². The molecule has 0 heterocycles. The van der Waals surface area contributed by atoms with Gasteiger partial charge in [-0.1, -0.05) is 19.3 Å². The second-order valence-corrected chi connectivity index (χ2v) is 5.58. The Kier molecular flexibility index (Phi) is 5.01. The molecule has 0 spiro atoms. The second kappa shape index (κ2) is 6.75. The van der Waals surface area contributed by atoms with Crippen LogP contribution in [0.2, 0.25) is 0 Å². The number of phenols is 1. The molecule has 0 bridgehead atoms. The van der Waals surface area contributed by atoms with E-state index in [1.807, 2.05) is 4.90 Å². The fraction of sp³-hybridized carbons (Fsp3) is 0.562. The number of phenolic OH excluding ortho intramolecular Hbond substituents is 1. The van der Waals surface area contributed by atoms with Crippen molar-refractivity contribution in [1.82, 2.24) is 4.90 Å². The molecule has 4 heteroatoms. The minimum atomic E-state index is 0.0328. The molecular formula is C16H24N2O2. The van der Waals surface area contributed by atoms with Crippen molar-refractivity contribution in [2.75, 3.05) is 13.1 Å². The van der Waals surface area contributed by atoms with E-state index in [9.17, 15) is 9.90 Å². The fourth-order valence-electron chi connectivity index (χ4n) is 2.94. The van der Waals surface area contributed by atoms with E-state index in [1.54, 1.807) is 25.1 Å². The van der Waals surface area contributed by atoms with E-state index >= 15 is 0 Å². The Morgan fingerprint density at radius 2 is 2.05 bits per heavy atom. The third kappa shape index (κ3) is 3.31. The van der Waals surface area contributed by atoms with Gasteiger partial charge in [-0.05, 0) is 43.5 Å². The summed E-state index contributed by atoms with van der Waals surface area (Å²) in [5.74, 6) is 0.259. The molecular weight excluding hydrogens is 252 g/mol. The lowest BCUT2D eigenvalue weighted by Gasteiger charge is -2.34. The predicted molar refractivity (Wildman–Crippen MR) is 79.8 cm³/mol. The first-order valence-electron chi connectivity index (χ1n) is 7.44. The largest absolute Gasteiger partial charge is 0.508 e. The van der Waals surface area contributed by atoms with Crippen LogP contribution >= 0.6 is 0 Å². The lowest BCUT2D eigenvalue weighted by Crippen LogP contribution is -2.44. The number of aryl methyl sites for hydroxylation is 1. The maximum atomic E-state index is 12.7. The summed E-state index contributed by atoms with van der Waals surface area (Å²) in [4.78, 5) is 14.6. The number of nitrogens with two attached hydrogens (primary N) is 1. The lowest BCUT2D eigenvalue weighted by atomic mass is 9.93. The van der Waals surface area contributed by atoms with Gasteiger partial charge in [0.1, 0.15) is 5.75 Å². The molecule has 4 nitrogen and oxygen atoms in total. The van der Waals surface area contributed by atoms with Gasteiger partial charge in [-0.2, -0.15) is 0 Å². The van der Waals surface area contributed by atoms with Crippen LogP contribution in [0.25, 0.3) is 0 Å². The van der Waals surface area contributed by atoms with E-state index in [-0.39, 0.29) is 11.7 Å². The van der Waals surface area contributed by atoms with Crippen LogP contribution < -0.4 is 5.73 Å². The third-order valence-electron chi connectivity index (χ3n) is 4.09. The highest BCUT2D eigenvalue weighted by Gasteiger charge is 2.25. The monoisotopic (exact) mass is 276 g/mol. The van der Waals surface area contributed by atoms with Gasteiger partial charge in [-0.15, -0.1) is 0 Å². The summed E-state index contributed by atoms with van der Waals surface area (Å²) in [6.07, 6.45) is 5.78. The second-order valence-electron chi connectivity index (χ2n) is 5.58.